The van der Waals surface area contributed by atoms with Gasteiger partial charge in [-0.05, 0) is 34.1 Å². The van der Waals surface area contributed by atoms with Gasteiger partial charge >= 0.3 is 7.12 Å². The van der Waals surface area contributed by atoms with Crippen molar-refractivity contribution in [3.8, 4) is 34.0 Å². The third-order valence-electron chi connectivity index (χ3n) is 5.75. The Hall–Kier alpha value is -5.06. The summed E-state index contributed by atoms with van der Waals surface area (Å²) in [6.45, 7) is 0. The van der Waals surface area contributed by atoms with Crippen LogP contribution in [0.3, 0.4) is 0 Å². The minimum absolute atomic E-state index is 0.0901. The van der Waals surface area contributed by atoms with Crippen LogP contribution in [0.4, 0.5) is 0 Å². The summed E-state index contributed by atoms with van der Waals surface area (Å²) in [6, 6.07) is 10.2. The number of nitrogens with zero attached hydrogens (tertiary/aromatic N) is 8. The molecule has 0 unspecified atom stereocenters. The number of aromatic nitrogens is 9. The number of aromatic amines is 1. The molecule has 0 saturated carbocycles. The minimum Gasteiger partial charge on any atom is -0.481 e. The van der Waals surface area contributed by atoms with Crippen LogP contribution in [0.25, 0.3) is 22.3 Å². The topological polar surface area (TPSA) is 171 Å². The first-order valence-electron chi connectivity index (χ1n) is 13.2. The Kier molecular flexibility index (Phi) is 13.2. The van der Waals surface area contributed by atoms with E-state index >= 15 is 0 Å². The molecule has 0 saturated heterocycles. The van der Waals surface area contributed by atoms with Crippen molar-refractivity contribution in [3.05, 3.63) is 107 Å². The fraction of sp³-hybridized carbons (Fsp3) is 0.172. The van der Waals surface area contributed by atoms with Gasteiger partial charge in [-0.3, -0.25) is 18.8 Å². The minimum atomic E-state index is -1.46. The van der Waals surface area contributed by atoms with Crippen LogP contribution in [-0.2, 0) is 21.1 Å². The molecule has 0 aliphatic carbocycles. The Labute approximate surface area is 268 Å². The number of pyridine rings is 3. The van der Waals surface area contributed by atoms with Crippen LogP contribution in [0.15, 0.2) is 101 Å². The lowest BCUT2D eigenvalue weighted by molar-refractivity contribution is 0.397. The summed E-state index contributed by atoms with van der Waals surface area (Å²) in [5.74, 6) is 1.08. The van der Waals surface area contributed by atoms with E-state index in [4.69, 9.17) is 19.5 Å². The lowest BCUT2D eigenvalue weighted by Crippen LogP contribution is -2.29. The Balaban J connectivity index is 0.000000168. The predicted octanol–water partition coefficient (Wildman–Crippen LogP) is 2.22. The highest BCUT2D eigenvalue weighted by Crippen LogP contribution is 2.19. The van der Waals surface area contributed by atoms with Gasteiger partial charge in [0.2, 0.25) is 17.3 Å². The van der Waals surface area contributed by atoms with Crippen LogP contribution in [-0.4, -0.2) is 75.7 Å². The number of H-pyrrole nitrogens is 1. The first kappa shape index (κ1) is 34.4. The van der Waals surface area contributed by atoms with Crippen molar-refractivity contribution in [1.29, 1.82) is 0 Å². The molecule has 6 aromatic rings. The van der Waals surface area contributed by atoms with Crippen LogP contribution >= 0.6 is 15.9 Å². The summed E-state index contributed by atoms with van der Waals surface area (Å²) in [5.41, 5.74) is 4.33. The third-order valence-corrected chi connectivity index (χ3v) is 6.16. The molecule has 45 heavy (non-hydrogen) atoms. The van der Waals surface area contributed by atoms with Crippen molar-refractivity contribution in [2.75, 3.05) is 14.2 Å². The first-order valence-corrected chi connectivity index (χ1v) is 14.0. The van der Waals surface area contributed by atoms with Gasteiger partial charge in [0, 0.05) is 98.2 Å². The second-order valence-corrected chi connectivity index (χ2v) is 10.1. The molecule has 6 rings (SSSR count). The van der Waals surface area contributed by atoms with Crippen molar-refractivity contribution in [2.45, 2.75) is 0 Å². The Morgan fingerprint density at radius 3 is 1.58 bits per heavy atom. The summed E-state index contributed by atoms with van der Waals surface area (Å²) in [5, 5.41) is 29.3. The fourth-order valence-electron chi connectivity index (χ4n) is 3.46. The predicted molar refractivity (Wildman–Crippen MR) is 174 cm³/mol. The largest absolute Gasteiger partial charge is 0.490 e. The summed E-state index contributed by atoms with van der Waals surface area (Å²) in [4.78, 5) is 21.3. The molecule has 0 radical (unpaired) electrons. The molecule has 0 fully saturated rings. The number of methoxy groups -OCH3 is 2. The molecule has 6 aromatic heterocycles. The van der Waals surface area contributed by atoms with E-state index in [1.54, 1.807) is 58.1 Å². The number of hydrogen-bond acceptors (Lipinski definition) is 10. The maximum Gasteiger partial charge on any atom is 0.490 e. The van der Waals surface area contributed by atoms with Gasteiger partial charge in [-0.25, -0.2) is 9.97 Å². The van der Waals surface area contributed by atoms with E-state index in [9.17, 15) is 4.79 Å². The highest BCUT2D eigenvalue weighted by molar-refractivity contribution is 9.10. The zero-order chi connectivity index (χ0) is 32.8. The quantitative estimate of drug-likeness (QED) is 0.230. The molecule has 0 aliphatic rings. The van der Waals surface area contributed by atoms with E-state index in [0.717, 1.165) is 26.7 Å². The number of nitrogens with one attached hydrogen (secondary N) is 1. The monoisotopic (exact) mass is 677 g/mol. The van der Waals surface area contributed by atoms with E-state index in [-0.39, 0.29) is 5.56 Å². The Bertz CT molecular complexity index is 1750. The van der Waals surface area contributed by atoms with Crippen LogP contribution in [0, 0.1) is 0 Å². The SMILES string of the molecule is COc1ccc(-c2cnn(C)c2)cn1.COc1ccc(B(O)O)cn1.Cn1cc(-c2ccc(=O)[nH]c2)cn1.Cn1cc(Br)cn1. The average Bonchev–Trinajstić information content (AvgIpc) is 3.79. The van der Waals surface area contributed by atoms with Crippen molar-refractivity contribution in [2.24, 2.45) is 21.1 Å². The third kappa shape index (κ3) is 11.5. The van der Waals surface area contributed by atoms with Crippen molar-refractivity contribution < 1.29 is 19.5 Å². The Morgan fingerprint density at radius 1 is 0.689 bits per heavy atom. The van der Waals surface area contributed by atoms with Gasteiger partial charge in [0.15, 0.2) is 0 Å². The molecule has 14 nitrogen and oxygen atoms in total. The molecule has 0 aliphatic heterocycles. The first-order chi connectivity index (χ1) is 21.6. The molecular weight excluding hydrogens is 645 g/mol. The van der Waals surface area contributed by atoms with Gasteiger partial charge in [0.25, 0.3) is 0 Å². The molecule has 16 heteroatoms. The van der Waals surface area contributed by atoms with Crippen molar-refractivity contribution >= 4 is 28.5 Å². The van der Waals surface area contributed by atoms with E-state index in [1.165, 1.54) is 25.4 Å². The van der Waals surface area contributed by atoms with Crippen molar-refractivity contribution in [3.63, 3.8) is 0 Å². The summed E-state index contributed by atoms with van der Waals surface area (Å²) in [6.07, 6.45) is 15.9. The maximum absolute atomic E-state index is 10.8. The number of hydrogen-bond donors (Lipinski definition) is 3. The zero-order valence-corrected chi connectivity index (χ0v) is 26.9. The second kappa shape index (κ2) is 17.3. The van der Waals surface area contributed by atoms with E-state index in [2.05, 4.69) is 46.2 Å². The lowest BCUT2D eigenvalue weighted by atomic mass is 9.82. The number of ether oxygens (including phenoxy) is 2. The molecule has 0 spiro atoms. The molecule has 0 amide bonds. The van der Waals surface area contributed by atoms with Crippen LogP contribution < -0.4 is 20.5 Å². The van der Waals surface area contributed by atoms with Crippen molar-refractivity contribution in [1.82, 2.24) is 44.3 Å². The van der Waals surface area contributed by atoms with Gasteiger partial charge in [-0.15, -0.1) is 0 Å². The molecule has 234 valence electrons. The van der Waals surface area contributed by atoms with Gasteiger partial charge in [0.05, 0.1) is 37.3 Å². The molecule has 0 atom stereocenters. The van der Waals surface area contributed by atoms with Gasteiger partial charge in [-0.1, -0.05) is 6.07 Å². The summed E-state index contributed by atoms with van der Waals surface area (Å²) >= 11 is 3.25. The number of rotatable bonds is 5. The Morgan fingerprint density at radius 2 is 1.22 bits per heavy atom. The highest BCUT2D eigenvalue weighted by Gasteiger charge is 2.10. The average molecular weight is 678 g/mol. The summed E-state index contributed by atoms with van der Waals surface area (Å²) in [7, 11) is 7.26. The normalized spacial score (nSPS) is 9.87. The van der Waals surface area contributed by atoms with Gasteiger partial charge in [-0.2, -0.15) is 15.3 Å². The molecule has 3 N–H and O–H groups in total. The number of halogens is 1. The zero-order valence-electron chi connectivity index (χ0n) is 25.3. The number of aryl methyl sites for hydroxylation is 3. The smallest absolute Gasteiger partial charge is 0.481 e. The summed E-state index contributed by atoms with van der Waals surface area (Å²) < 4.78 is 16.0. The molecule has 0 aromatic carbocycles. The second-order valence-electron chi connectivity index (χ2n) is 9.18. The van der Waals surface area contributed by atoms with Gasteiger partial charge < -0.3 is 24.5 Å². The van der Waals surface area contributed by atoms with E-state index in [0.29, 0.717) is 17.2 Å². The fourth-order valence-corrected chi connectivity index (χ4v) is 3.85. The van der Waals surface area contributed by atoms with E-state index < -0.39 is 7.12 Å². The maximum atomic E-state index is 10.8. The van der Waals surface area contributed by atoms with Crippen LogP contribution in [0.5, 0.6) is 11.8 Å². The lowest BCUT2D eigenvalue weighted by Gasteiger charge is -1.99. The molecule has 6 heterocycles. The van der Waals surface area contributed by atoms with Gasteiger partial charge in [0.1, 0.15) is 0 Å². The van der Waals surface area contributed by atoms with E-state index in [1.807, 2.05) is 58.1 Å². The standard InChI is InChI=1S/C10H11N3O.C9H9N3O.C6H8BNO3.C4H5BrN2/c1-13-7-9(6-12-13)8-3-4-10(14-2)11-5-8;1-12-6-8(5-11-12)7-2-3-9(13)10-4-7;1-11-6-3-2-5(4-8-6)7(9)10;1-7-3-4(5)2-6-7/h3-7H,1-2H3;2-6H,1H3,(H,10,13);2-4,9-10H,1H3;2-3H,1H3. The van der Waals surface area contributed by atoms with Crippen LogP contribution in [0.1, 0.15) is 0 Å². The molecular formula is C29H33BBrN9O5. The molecule has 0 bridgehead atoms. The highest BCUT2D eigenvalue weighted by atomic mass is 79.9. The van der Waals surface area contributed by atoms with Crippen LogP contribution in [0.2, 0.25) is 0 Å².